The van der Waals surface area contributed by atoms with Crippen molar-refractivity contribution in [1.82, 2.24) is 10.2 Å². The first-order valence-electron chi connectivity index (χ1n) is 9.03. The lowest BCUT2D eigenvalue weighted by Gasteiger charge is -2.25. The Bertz CT molecular complexity index is 631. The van der Waals surface area contributed by atoms with Crippen molar-refractivity contribution in [2.24, 2.45) is 4.99 Å². The number of hydrogen-bond donors (Lipinski definition) is 2. The highest BCUT2D eigenvalue weighted by molar-refractivity contribution is 14.0. The van der Waals surface area contributed by atoms with Gasteiger partial charge in [0.1, 0.15) is 6.54 Å². The molecule has 1 amide bonds. The maximum absolute atomic E-state index is 11.9. The summed E-state index contributed by atoms with van der Waals surface area (Å²) in [6, 6.07) is 5.96. The molecule has 2 rings (SSSR count). The van der Waals surface area contributed by atoms with Crippen LogP contribution in [-0.2, 0) is 4.79 Å². The van der Waals surface area contributed by atoms with E-state index in [1.807, 2.05) is 18.2 Å². The van der Waals surface area contributed by atoms with Gasteiger partial charge in [-0.25, -0.2) is 4.99 Å². The Morgan fingerprint density at radius 2 is 1.81 bits per heavy atom. The molecule has 1 aliphatic rings. The van der Waals surface area contributed by atoms with E-state index >= 15 is 0 Å². The van der Waals surface area contributed by atoms with E-state index in [9.17, 15) is 4.79 Å². The number of carbonyl (C=O) groups excluding carboxylic acids is 1. The van der Waals surface area contributed by atoms with E-state index in [2.05, 4.69) is 15.6 Å². The van der Waals surface area contributed by atoms with Gasteiger partial charge in [0, 0.05) is 31.9 Å². The molecule has 0 saturated heterocycles. The number of likely N-dealkylation sites (N-methyl/N-ethyl adjacent to an activating group) is 1. The summed E-state index contributed by atoms with van der Waals surface area (Å²) < 4.78 is 10.6. The van der Waals surface area contributed by atoms with Gasteiger partial charge in [0.2, 0.25) is 5.91 Å². The zero-order valence-corrected chi connectivity index (χ0v) is 18.9. The predicted molar refractivity (Wildman–Crippen MR) is 120 cm³/mol. The minimum atomic E-state index is -0.0398. The predicted octanol–water partition coefficient (Wildman–Crippen LogP) is 3.10. The first kappa shape index (κ1) is 23.3. The Morgan fingerprint density at radius 1 is 1.15 bits per heavy atom. The molecule has 2 N–H and O–H groups in total. The summed E-state index contributed by atoms with van der Waals surface area (Å²) in [6.45, 7) is 0.0995. The average molecular weight is 490 g/mol. The van der Waals surface area contributed by atoms with Crippen molar-refractivity contribution < 1.29 is 14.3 Å². The van der Waals surface area contributed by atoms with Crippen LogP contribution in [0.15, 0.2) is 23.2 Å². The van der Waals surface area contributed by atoms with Crippen LogP contribution in [0, 0.1) is 0 Å². The number of carbonyl (C=O) groups is 1. The Morgan fingerprint density at radius 3 is 2.41 bits per heavy atom. The zero-order chi connectivity index (χ0) is 18.9. The van der Waals surface area contributed by atoms with Crippen LogP contribution in [0.2, 0.25) is 0 Å². The molecule has 7 nitrogen and oxygen atoms in total. The number of guanidine groups is 1. The smallest absolute Gasteiger partial charge is 0.243 e. The summed E-state index contributed by atoms with van der Waals surface area (Å²) in [5.74, 6) is 1.87. The molecule has 1 aromatic rings. The number of nitrogens with zero attached hydrogens (tertiary/aromatic N) is 2. The Kier molecular flexibility index (Phi) is 10.3. The number of nitrogens with one attached hydrogen (secondary N) is 2. The van der Waals surface area contributed by atoms with Crippen LogP contribution in [0.5, 0.6) is 11.5 Å². The van der Waals surface area contributed by atoms with Gasteiger partial charge in [-0.3, -0.25) is 4.79 Å². The first-order valence-corrected chi connectivity index (χ1v) is 9.03. The standard InChI is InChI=1S/C19H30N4O3.HI/c1-23(2)18(24)13-20-19(21-14-8-6-5-7-9-14)22-15-10-11-16(25-3)17(12-15)26-4;/h10-12,14H,5-9,13H2,1-4H3,(H2,20,21,22);1H. The molecule has 27 heavy (non-hydrogen) atoms. The third-order valence-electron chi connectivity index (χ3n) is 4.46. The van der Waals surface area contributed by atoms with Crippen molar-refractivity contribution in [3.63, 3.8) is 0 Å². The van der Waals surface area contributed by atoms with Crippen molar-refractivity contribution in [3.05, 3.63) is 18.2 Å². The molecule has 1 fully saturated rings. The number of hydrogen-bond acceptors (Lipinski definition) is 4. The minimum Gasteiger partial charge on any atom is -0.493 e. The number of aliphatic imine (C=N–C) groups is 1. The van der Waals surface area contributed by atoms with Gasteiger partial charge < -0.3 is 25.0 Å². The lowest BCUT2D eigenvalue weighted by atomic mass is 9.96. The van der Waals surface area contributed by atoms with Crippen LogP contribution >= 0.6 is 24.0 Å². The van der Waals surface area contributed by atoms with E-state index in [1.54, 1.807) is 28.3 Å². The highest BCUT2D eigenvalue weighted by Crippen LogP contribution is 2.29. The van der Waals surface area contributed by atoms with Gasteiger partial charge in [-0.05, 0) is 25.0 Å². The SMILES string of the molecule is COc1ccc(NC(=NCC(=O)N(C)C)NC2CCCCC2)cc1OC.I. The second-order valence-electron chi connectivity index (χ2n) is 6.63. The number of methoxy groups -OCH3 is 2. The summed E-state index contributed by atoms with van der Waals surface area (Å²) in [6.07, 6.45) is 5.96. The molecule has 0 aliphatic heterocycles. The van der Waals surface area contributed by atoms with Crippen molar-refractivity contribution in [2.45, 2.75) is 38.1 Å². The van der Waals surface area contributed by atoms with Crippen LogP contribution in [0.3, 0.4) is 0 Å². The largest absolute Gasteiger partial charge is 0.493 e. The van der Waals surface area contributed by atoms with Crippen LogP contribution in [0.25, 0.3) is 0 Å². The van der Waals surface area contributed by atoms with Crippen molar-refractivity contribution in [1.29, 1.82) is 0 Å². The van der Waals surface area contributed by atoms with Crippen LogP contribution < -0.4 is 20.1 Å². The second kappa shape index (κ2) is 11.9. The molecule has 1 aromatic carbocycles. The number of ether oxygens (including phenoxy) is 2. The van der Waals surface area contributed by atoms with Crippen molar-refractivity contribution in [2.75, 3.05) is 40.2 Å². The summed E-state index contributed by atoms with van der Waals surface area (Å²) >= 11 is 0. The third-order valence-corrected chi connectivity index (χ3v) is 4.46. The summed E-state index contributed by atoms with van der Waals surface area (Å²) in [5, 5.41) is 6.74. The maximum atomic E-state index is 11.9. The molecule has 0 spiro atoms. The Hall–Kier alpha value is -1.71. The molecule has 0 aromatic heterocycles. The molecular weight excluding hydrogens is 459 g/mol. The van der Waals surface area contributed by atoms with Gasteiger partial charge in [0.15, 0.2) is 17.5 Å². The van der Waals surface area contributed by atoms with Gasteiger partial charge >= 0.3 is 0 Å². The Labute approximate surface area is 178 Å². The monoisotopic (exact) mass is 490 g/mol. The van der Waals surface area contributed by atoms with E-state index in [1.165, 1.54) is 24.2 Å². The fraction of sp³-hybridized carbons (Fsp3) is 0.579. The van der Waals surface area contributed by atoms with Crippen LogP contribution in [-0.4, -0.2) is 57.7 Å². The molecule has 0 unspecified atom stereocenters. The van der Waals surface area contributed by atoms with Crippen molar-refractivity contribution in [3.8, 4) is 11.5 Å². The van der Waals surface area contributed by atoms with Gasteiger partial charge in [-0.15, -0.1) is 24.0 Å². The number of rotatable bonds is 6. The number of halogens is 1. The summed E-state index contributed by atoms with van der Waals surface area (Å²) in [7, 11) is 6.67. The van der Waals surface area contributed by atoms with Gasteiger partial charge in [0.05, 0.1) is 14.2 Å². The third kappa shape index (κ3) is 7.43. The number of anilines is 1. The number of benzene rings is 1. The molecule has 8 heteroatoms. The Balaban J connectivity index is 0.00000364. The van der Waals surface area contributed by atoms with Gasteiger partial charge in [0.25, 0.3) is 0 Å². The lowest BCUT2D eigenvalue weighted by molar-refractivity contribution is -0.127. The lowest BCUT2D eigenvalue weighted by Crippen LogP contribution is -2.41. The zero-order valence-electron chi connectivity index (χ0n) is 16.6. The van der Waals surface area contributed by atoms with Gasteiger partial charge in [-0.2, -0.15) is 0 Å². The molecule has 1 aliphatic carbocycles. The van der Waals surface area contributed by atoms with Crippen LogP contribution in [0.1, 0.15) is 32.1 Å². The molecule has 152 valence electrons. The summed E-state index contributed by atoms with van der Waals surface area (Å²) in [4.78, 5) is 17.9. The fourth-order valence-electron chi connectivity index (χ4n) is 2.90. The average Bonchev–Trinajstić information content (AvgIpc) is 2.66. The topological polar surface area (TPSA) is 75.2 Å². The molecular formula is C19H31IN4O3. The second-order valence-corrected chi connectivity index (χ2v) is 6.63. The normalized spacial score (nSPS) is 14.7. The van der Waals surface area contributed by atoms with E-state index in [0.717, 1.165) is 18.5 Å². The molecule has 0 radical (unpaired) electrons. The number of amides is 1. The van der Waals surface area contributed by atoms with Crippen LogP contribution in [0.4, 0.5) is 5.69 Å². The molecule has 1 saturated carbocycles. The first-order chi connectivity index (χ1) is 12.5. The van der Waals surface area contributed by atoms with E-state index < -0.39 is 0 Å². The maximum Gasteiger partial charge on any atom is 0.243 e. The molecule has 0 heterocycles. The highest BCUT2D eigenvalue weighted by Gasteiger charge is 2.16. The quantitative estimate of drug-likeness (QED) is 0.364. The summed E-state index contributed by atoms with van der Waals surface area (Å²) in [5.41, 5.74) is 0.821. The molecule has 0 bridgehead atoms. The van der Waals surface area contributed by atoms with E-state index in [4.69, 9.17) is 9.47 Å². The van der Waals surface area contributed by atoms with E-state index in [-0.39, 0.29) is 36.4 Å². The fourth-order valence-corrected chi connectivity index (χ4v) is 2.90. The van der Waals surface area contributed by atoms with Crippen molar-refractivity contribution >= 4 is 41.5 Å². The molecule has 0 atom stereocenters. The minimum absolute atomic E-state index is 0. The van der Waals surface area contributed by atoms with E-state index in [0.29, 0.717) is 23.5 Å². The highest BCUT2D eigenvalue weighted by atomic mass is 127. The van der Waals surface area contributed by atoms with Gasteiger partial charge in [-0.1, -0.05) is 19.3 Å².